The lowest BCUT2D eigenvalue weighted by atomic mass is 10.1. The second-order valence-corrected chi connectivity index (χ2v) is 5.12. The maximum atomic E-state index is 12.0. The SMILES string of the molecule is CCNC(=O)c1cccc(NC(=O)CC(O)c2ccccc2)c1. The standard InChI is InChI=1S/C18H20N2O3/c1-2-19-18(23)14-9-6-10-15(11-14)20-17(22)12-16(21)13-7-4-3-5-8-13/h3-11,16,21H,2,12H2,1H3,(H,19,23)(H,20,22). The van der Waals surface area contributed by atoms with E-state index < -0.39 is 6.10 Å². The maximum absolute atomic E-state index is 12.0. The predicted octanol–water partition coefficient (Wildman–Crippen LogP) is 2.50. The fourth-order valence-electron chi connectivity index (χ4n) is 2.18. The number of amides is 2. The molecular weight excluding hydrogens is 292 g/mol. The van der Waals surface area contributed by atoms with Gasteiger partial charge in [0.1, 0.15) is 0 Å². The van der Waals surface area contributed by atoms with E-state index in [1.54, 1.807) is 36.4 Å². The van der Waals surface area contributed by atoms with Gasteiger partial charge in [-0.05, 0) is 30.7 Å². The first kappa shape index (κ1) is 16.7. The summed E-state index contributed by atoms with van der Waals surface area (Å²) in [5.74, 6) is -0.498. The van der Waals surface area contributed by atoms with Crippen LogP contribution in [0, 0.1) is 0 Å². The highest BCUT2D eigenvalue weighted by molar-refractivity contribution is 5.97. The molecule has 0 radical (unpaired) electrons. The molecule has 2 aromatic carbocycles. The van der Waals surface area contributed by atoms with E-state index in [1.165, 1.54) is 0 Å². The van der Waals surface area contributed by atoms with Gasteiger partial charge < -0.3 is 15.7 Å². The zero-order valence-corrected chi connectivity index (χ0v) is 13.0. The van der Waals surface area contributed by atoms with Gasteiger partial charge in [-0.15, -0.1) is 0 Å². The number of aliphatic hydroxyl groups excluding tert-OH is 1. The van der Waals surface area contributed by atoms with Crippen LogP contribution in [0.3, 0.4) is 0 Å². The van der Waals surface area contributed by atoms with E-state index in [2.05, 4.69) is 10.6 Å². The van der Waals surface area contributed by atoms with Gasteiger partial charge >= 0.3 is 0 Å². The van der Waals surface area contributed by atoms with E-state index in [-0.39, 0.29) is 18.2 Å². The van der Waals surface area contributed by atoms with Gasteiger partial charge in [-0.2, -0.15) is 0 Å². The van der Waals surface area contributed by atoms with Crippen LogP contribution in [0.25, 0.3) is 0 Å². The molecule has 2 aromatic rings. The highest BCUT2D eigenvalue weighted by Gasteiger charge is 2.13. The molecule has 5 heteroatoms. The van der Waals surface area contributed by atoms with Gasteiger partial charge in [0, 0.05) is 17.8 Å². The summed E-state index contributed by atoms with van der Waals surface area (Å²) >= 11 is 0. The fourth-order valence-corrected chi connectivity index (χ4v) is 2.18. The van der Waals surface area contributed by atoms with E-state index in [0.717, 1.165) is 0 Å². The number of carbonyl (C=O) groups is 2. The molecule has 0 fully saturated rings. The zero-order chi connectivity index (χ0) is 16.7. The average Bonchev–Trinajstić information content (AvgIpc) is 2.56. The quantitative estimate of drug-likeness (QED) is 0.767. The molecule has 0 aliphatic heterocycles. The van der Waals surface area contributed by atoms with Gasteiger partial charge in [-0.1, -0.05) is 36.4 Å². The molecule has 2 amide bonds. The van der Waals surface area contributed by atoms with Crippen LogP contribution in [0.15, 0.2) is 54.6 Å². The van der Waals surface area contributed by atoms with E-state index in [9.17, 15) is 14.7 Å². The Morgan fingerprint density at radius 1 is 1.09 bits per heavy atom. The van der Waals surface area contributed by atoms with Gasteiger partial charge in [0.15, 0.2) is 0 Å². The molecule has 0 bridgehead atoms. The monoisotopic (exact) mass is 312 g/mol. The molecule has 0 aliphatic rings. The van der Waals surface area contributed by atoms with Crippen LogP contribution in [0.1, 0.15) is 35.4 Å². The van der Waals surface area contributed by atoms with Gasteiger partial charge in [0.05, 0.1) is 12.5 Å². The van der Waals surface area contributed by atoms with Crippen LogP contribution in [-0.2, 0) is 4.79 Å². The highest BCUT2D eigenvalue weighted by atomic mass is 16.3. The third-order valence-electron chi connectivity index (χ3n) is 3.31. The van der Waals surface area contributed by atoms with E-state index in [0.29, 0.717) is 23.4 Å². The first-order chi connectivity index (χ1) is 11.1. The Bertz CT molecular complexity index is 671. The number of hydrogen-bond donors (Lipinski definition) is 3. The molecular formula is C18H20N2O3. The predicted molar refractivity (Wildman–Crippen MR) is 89.1 cm³/mol. The van der Waals surface area contributed by atoms with Crippen LogP contribution in [0.5, 0.6) is 0 Å². The molecule has 3 N–H and O–H groups in total. The molecule has 0 heterocycles. The van der Waals surface area contributed by atoms with E-state index in [4.69, 9.17) is 0 Å². The minimum atomic E-state index is -0.859. The molecule has 120 valence electrons. The Kier molecular flexibility index (Phi) is 5.88. The summed E-state index contributed by atoms with van der Waals surface area (Å²) in [6.07, 6.45) is -0.905. The van der Waals surface area contributed by atoms with E-state index in [1.807, 2.05) is 25.1 Å². The highest BCUT2D eigenvalue weighted by Crippen LogP contribution is 2.17. The van der Waals surface area contributed by atoms with Crippen LogP contribution in [0.2, 0.25) is 0 Å². The van der Waals surface area contributed by atoms with Crippen molar-refractivity contribution < 1.29 is 14.7 Å². The van der Waals surface area contributed by atoms with Crippen molar-refractivity contribution >= 4 is 17.5 Å². The molecule has 1 unspecified atom stereocenters. The maximum Gasteiger partial charge on any atom is 0.251 e. The lowest BCUT2D eigenvalue weighted by Gasteiger charge is -2.12. The molecule has 0 aliphatic carbocycles. The zero-order valence-electron chi connectivity index (χ0n) is 13.0. The van der Waals surface area contributed by atoms with Crippen LogP contribution in [-0.4, -0.2) is 23.5 Å². The minimum absolute atomic E-state index is 0.0462. The van der Waals surface area contributed by atoms with Gasteiger partial charge in [0.25, 0.3) is 5.91 Å². The third-order valence-corrected chi connectivity index (χ3v) is 3.31. The molecule has 0 spiro atoms. The van der Waals surface area contributed by atoms with Crippen molar-refractivity contribution in [3.8, 4) is 0 Å². The summed E-state index contributed by atoms with van der Waals surface area (Å²) in [7, 11) is 0. The summed E-state index contributed by atoms with van der Waals surface area (Å²) in [5.41, 5.74) is 1.70. The van der Waals surface area contributed by atoms with Crippen LogP contribution < -0.4 is 10.6 Å². The second kappa shape index (κ2) is 8.10. The molecule has 0 saturated heterocycles. The van der Waals surface area contributed by atoms with Crippen molar-refractivity contribution in [2.45, 2.75) is 19.4 Å². The van der Waals surface area contributed by atoms with Crippen molar-refractivity contribution in [3.05, 3.63) is 65.7 Å². The van der Waals surface area contributed by atoms with Crippen molar-refractivity contribution in [3.63, 3.8) is 0 Å². The molecule has 0 saturated carbocycles. The number of anilines is 1. The fraction of sp³-hybridized carbons (Fsp3) is 0.222. The second-order valence-electron chi connectivity index (χ2n) is 5.12. The van der Waals surface area contributed by atoms with Gasteiger partial charge in [-0.25, -0.2) is 0 Å². The Labute approximate surface area is 135 Å². The molecule has 1 atom stereocenters. The number of benzene rings is 2. The minimum Gasteiger partial charge on any atom is -0.388 e. The summed E-state index contributed by atoms with van der Waals surface area (Å²) in [6.45, 7) is 2.38. The molecule has 2 rings (SSSR count). The van der Waals surface area contributed by atoms with Crippen LogP contribution >= 0.6 is 0 Å². The van der Waals surface area contributed by atoms with E-state index >= 15 is 0 Å². The third kappa shape index (κ3) is 4.93. The first-order valence-corrected chi connectivity index (χ1v) is 7.51. The van der Waals surface area contributed by atoms with Gasteiger partial charge in [0.2, 0.25) is 5.91 Å². The summed E-state index contributed by atoms with van der Waals surface area (Å²) in [5, 5.41) is 15.5. The molecule has 5 nitrogen and oxygen atoms in total. The number of aliphatic hydroxyl groups is 1. The van der Waals surface area contributed by atoms with Crippen LogP contribution in [0.4, 0.5) is 5.69 Å². The Morgan fingerprint density at radius 2 is 1.83 bits per heavy atom. The number of carbonyl (C=O) groups excluding carboxylic acids is 2. The first-order valence-electron chi connectivity index (χ1n) is 7.51. The lowest BCUT2D eigenvalue weighted by Crippen LogP contribution is -2.23. The molecule has 23 heavy (non-hydrogen) atoms. The Morgan fingerprint density at radius 3 is 2.52 bits per heavy atom. The largest absolute Gasteiger partial charge is 0.388 e. The van der Waals surface area contributed by atoms with Crippen molar-refractivity contribution in [1.29, 1.82) is 0 Å². The van der Waals surface area contributed by atoms with Crippen molar-refractivity contribution in [2.75, 3.05) is 11.9 Å². The van der Waals surface area contributed by atoms with Gasteiger partial charge in [-0.3, -0.25) is 9.59 Å². The van der Waals surface area contributed by atoms with Crippen molar-refractivity contribution in [1.82, 2.24) is 5.32 Å². The average molecular weight is 312 g/mol. The lowest BCUT2D eigenvalue weighted by molar-refractivity contribution is -0.118. The normalized spacial score (nSPS) is 11.6. The number of rotatable bonds is 6. The van der Waals surface area contributed by atoms with Crippen molar-refractivity contribution in [2.24, 2.45) is 0 Å². The number of hydrogen-bond acceptors (Lipinski definition) is 3. The molecule has 0 aromatic heterocycles. The summed E-state index contributed by atoms with van der Waals surface area (Å²) in [4.78, 5) is 23.8. The number of nitrogens with one attached hydrogen (secondary N) is 2. The Hall–Kier alpha value is -2.66. The summed E-state index contributed by atoms with van der Waals surface area (Å²) < 4.78 is 0. The Balaban J connectivity index is 1.97. The topological polar surface area (TPSA) is 78.4 Å². The smallest absolute Gasteiger partial charge is 0.251 e. The summed E-state index contributed by atoms with van der Waals surface area (Å²) in [6, 6.07) is 15.7.